The molecule has 1 N–H and O–H groups in total. The van der Waals surface area contributed by atoms with Gasteiger partial charge in [-0.15, -0.1) is 0 Å². The molecule has 0 atom stereocenters. The molecule has 3 aromatic rings. The highest BCUT2D eigenvalue weighted by Gasteiger charge is 2.25. The normalized spacial score (nSPS) is 15.5. The molecule has 0 aromatic heterocycles. The lowest BCUT2D eigenvalue weighted by atomic mass is 10.0. The zero-order valence-electron chi connectivity index (χ0n) is 13.8. The third-order valence-electron chi connectivity index (χ3n) is 4.09. The van der Waals surface area contributed by atoms with Gasteiger partial charge >= 0.3 is 0 Å². The van der Waals surface area contributed by atoms with Crippen LogP contribution in [0, 0.1) is 0 Å². The molecule has 1 fully saturated rings. The monoisotopic (exact) mass is 361 g/mol. The molecule has 5 heteroatoms. The molecule has 4 nitrogen and oxygen atoms in total. The van der Waals surface area contributed by atoms with Gasteiger partial charge in [-0.05, 0) is 40.2 Å². The minimum Gasteiger partial charge on any atom is -0.488 e. The molecule has 4 rings (SSSR count). The van der Waals surface area contributed by atoms with Crippen molar-refractivity contribution < 1.29 is 14.3 Å². The predicted molar refractivity (Wildman–Crippen MR) is 104 cm³/mol. The lowest BCUT2D eigenvalue weighted by Gasteiger charge is -2.12. The van der Waals surface area contributed by atoms with E-state index in [4.69, 9.17) is 4.74 Å². The fraction of sp³-hybridized carbons (Fsp3) is 0.0476. The van der Waals surface area contributed by atoms with E-state index in [0.29, 0.717) is 17.3 Å². The van der Waals surface area contributed by atoms with Crippen molar-refractivity contribution in [3.8, 4) is 5.75 Å². The minimum atomic E-state index is -0.373. The Hall–Kier alpha value is -3.05. The summed E-state index contributed by atoms with van der Waals surface area (Å²) >= 11 is 0.906. The van der Waals surface area contributed by atoms with E-state index in [9.17, 15) is 9.59 Å². The highest BCUT2D eigenvalue weighted by Crippen LogP contribution is 2.34. The zero-order valence-corrected chi connectivity index (χ0v) is 14.6. The summed E-state index contributed by atoms with van der Waals surface area (Å²) in [5.74, 6) is 0.301. The van der Waals surface area contributed by atoms with Crippen LogP contribution in [0.1, 0.15) is 11.1 Å². The van der Waals surface area contributed by atoms with Crippen molar-refractivity contribution in [1.29, 1.82) is 0 Å². The summed E-state index contributed by atoms with van der Waals surface area (Å²) in [6.07, 6.45) is 1.73. The average molecular weight is 361 g/mol. The molecular weight excluding hydrogens is 346 g/mol. The number of ether oxygens (including phenoxy) is 1. The SMILES string of the molecule is O=C1NC(=O)/C(=C/c2c(OCc3ccccc3)ccc3ccccc23)S1. The number of nitrogens with one attached hydrogen (secondary N) is 1. The molecule has 1 heterocycles. The van der Waals surface area contributed by atoms with E-state index < -0.39 is 0 Å². The van der Waals surface area contributed by atoms with Crippen LogP contribution in [0.15, 0.2) is 71.6 Å². The number of imide groups is 1. The molecule has 1 saturated heterocycles. The fourth-order valence-electron chi connectivity index (χ4n) is 2.84. The Morgan fingerprint density at radius 1 is 0.923 bits per heavy atom. The van der Waals surface area contributed by atoms with Gasteiger partial charge < -0.3 is 4.74 Å². The summed E-state index contributed by atoms with van der Waals surface area (Å²) < 4.78 is 6.03. The van der Waals surface area contributed by atoms with Crippen LogP contribution < -0.4 is 10.1 Å². The van der Waals surface area contributed by atoms with E-state index in [1.54, 1.807) is 6.08 Å². The Morgan fingerprint density at radius 3 is 2.46 bits per heavy atom. The van der Waals surface area contributed by atoms with Crippen molar-refractivity contribution in [1.82, 2.24) is 5.32 Å². The molecule has 0 saturated carbocycles. The fourth-order valence-corrected chi connectivity index (χ4v) is 3.50. The van der Waals surface area contributed by atoms with Gasteiger partial charge in [0, 0.05) is 5.56 Å². The number of fused-ring (bicyclic) bond motifs is 1. The quantitative estimate of drug-likeness (QED) is 0.682. The lowest BCUT2D eigenvalue weighted by molar-refractivity contribution is -0.115. The first-order chi connectivity index (χ1) is 12.7. The smallest absolute Gasteiger partial charge is 0.290 e. The topological polar surface area (TPSA) is 55.4 Å². The van der Waals surface area contributed by atoms with E-state index in [2.05, 4.69) is 5.32 Å². The van der Waals surface area contributed by atoms with Gasteiger partial charge in [0.15, 0.2) is 0 Å². The lowest BCUT2D eigenvalue weighted by Crippen LogP contribution is -2.17. The second-order valence-corrected chi connectivity index (χ2v) is 6.84. The predicted octanol–water partition coefficient (Wildman–Crippen LogP) is 4.74. The van der Waals surface area contributed by atoms with E-state index >= 15 is 0 Å². The highest BCUT2D eigenvalue weighted by atomic mass is 32.2. The van der Waals surface area contributed by atoms with Gasteiger partial charge in [0.2, 0.25) is 0 Å². The Kier molecular flexibility index (Phi) is 4.46. The second-order valence-electron chi connectivity index (χ2n) is 5.83. The van der Waals surface area contributed by atoms with Crippen LogP contribution in [-0.4, -0.2) is 11.1 Å². The summed E-state index contributed by atoms with van der Waals surface area (Å²) in [5.41, 5.74) is 1.86. The molecule has 2 amide bonds. The van der Waals surface area contributed by atoms with E-state index in [0.717, 1.165) is 33.7 Å². The van der Waals surface area contributed by atoms with E-state index in [-0.39, 0.29) is 11.1 Å². The van der Waals surface area contributed by atoms with Crippen LogP contribution >= 0.6 is 11.8 Å². The number of benzene rings is 3. The minimum absolute atomic E-state index is 0.353. The van der Waals surface area contributed by atoms with Crippen molar-refractivity contribution in [2.24, 2.45) is 0 Å². The first kappa shape index (κ1) is 16.4. The summed E-state index contributed by atoms with van der Waals surface area (Å²) in [5, 5.41) is 3.95. The third-order valence-corrected chi connectivity index (χ3v) is 4.90. The summed E-state index contributed by atoms with van der Waals surface area (Å²) in [6, 6.07) is 21.7. The molecule has 0 spiro atoms. The van der Waals surface area contributed by atoms with Gasteiger partial charge in [0.1, 0.15) is 12.4 Å². The van der Waals surface area contributed by atoms with Gasteiger partial charge in [-0.25, -0.2) is 0 Å². The number of hydrogen-bond acceptors (Lipinski definition) is 4. The van der Waals surface area contributed by atoms with Gasteiger partial charge in [0.05, 0.1) is 4.91 Å². The van der Waals surface area contributed by atoms with Crippen molar-refractivity contribution in [3.63, 3.8) is 0 Å². The molecule has 0 bridgehead atoms. The molecule has 3 aromatic carbocycles. The number of rotatable bonds is 4. The first-order valence-electron chi connectivity index (χ1n) is 8.14. The van der Waals surface area contributed by atoms with Crippen molar-refractivity contribution >= 4 is 39.8 Å². The standard InChI is InChI=1S/C21H15NO3S/c23-20-19(26-21(24)22-20)12-17-16-9-5-4-8-15(16)10-11-18(17)25-13-14-6-2-1-3-7-14/h1-12H,13H2,(H,22,23,24)/b19-12-. The van der Waals surface area contributed by atoms with Crippen LogP contribution in [0.2, 0.25) is 0 Å². The Balaban J connectivity index is 1.76. The van der Waals surface area contributed by atoms with Gasteiger partial charge in [-0.3, -0.25) is 14.9 Å². The highest BCUT2D eigenvalue weighted by molar-refractivity contribution is 8.18. The summed E-state index contributed by atoms with van der Waals surface area (Å²) in [4.78, 5) is 23.8. The zero-order chi connectivity index (χ0) is 17.9. The van der Waals surface area contributed by atoms with Gasteiger partial charge in [0.25, 0.3) is 11.1 Å². The van der Waals surface area contributed by atoms with E-state index in [1.165, 1.54) is 0 Å². The number of carbonyl (C=O) groups is 2. The first-order valence-corrected chi connectivity index (χ1v) is 8.96. The summed E-state index contributed by atoms with van der Waals surface area (Å²) in [7, 11) is 0. The van der Waals surface area contributed by atoms with Gasteiger partial charge in [-0.2, -0.15) is 0 Å². The second kappa shape index (κ2) is 7.06. The number of hydrogen-bond donors (Lipinski definition) is 1. The molecule has 0 unspecified atom stereocenters. The Bertz CT molecular complexity index is 1030. The molecule has 26 heavy (non-hydrogen) atoms. The van der Waals surface area contributed by atoms with Crippen molar-refractivity contribution in [3.05, 3.63) is 82.8 Å². The molecule has 1 aliphatic heterocycles. The van der Waals surface area contributed by atoms with Crippen LogP contribution in [0.3, 0.4) is 0 Å². The van der Waals surface area contributed by atoms with Crippen LogP contribution in [0.4, 0.5) is 4.79 Å². The third kappa shape index (κ3) is 3.34. The average Bonchev–Trinajstić information content (AvgIpc) is 2.99. The molecule has 128 valence electrons. The summed E-state index contributed by atoms with van der Waals surface area (Å²) in [6.45, 7) is 0.424. The Morgan fingerprint density at radius 2 is 1.69 bits per heavy atom. The molecule has 1 aliphatic rings. The maximum atomic E-state index is 12.0. The molecule has 0 aliphatic carbocycles. The van der Waals surface area contributed by atoms with Crippen LogP contribution in [0.5, 0.6) is 5.75 Å². The Labute approximate surface area is 154 Å². The van der Waals surface area contributed by atoms with Crippen molar-refractivity contribution in [2.75, 3.05) is 0 Å². The number of carbonyl (C=O) groups excluding carboxylic acids is 2. The number of thioether (sulfide) groups is 1. The van der Waals surface area contributed by atoms with E-state index in [1.807, 2.05) is 66.7 Å². The number of amides is 2. The molecule has 0 radical (unpaired) electrons. The van der Waals surface area contributed by atoms with Crippen LogP contribution in [-0.2, 0) is 11.4 Å². The maximum Gasteiger partial charge on any atom is 0.290 e. The largest absolute Gasteiger partial charge is 0.488 e. The van der Waals surface area contributed by atoms with Gasteiger partial charge in [-0.1, -0.05) is 60.7 Å². The van der Waals surface area contributed by atoms with Crippen molar-refractivity contribution in [2.45, 2.75) is 6.61 Å². The molecular formula is C21H15NO3S. The maximum absolute atomic E-state index is 12.0. The van der Waals surface area contributed by atoms with Crippen LogP contribution in [0.25, 0.3) is 16.8 Å².